The molecule has 0 bridgehead atoms. The van der Waals surface area contributed by atoms with Crippen molar-refractivity contribution in [3.63, 3.8) is 0 Å². The van der Waals surface area contributed by atoms with Crippen molar-refractivity contribution in [2.45, 2.75) is 0 Å². The van der Waals surface area contributed by atoms with Gasteiger partial charge in [-0.05, 0) is 0 Å². The highest BCUT2D eigenvalue weighted by Gasteiger charge is 1.67. The fraction of sp³-hybridized carbons (Fsp3) is 0. The molecule has 0 aromatic heterocycles. The van der Waals surface area contributed by atoms with Gasteiger partial charge in [0.25, 0.3) is 0 Å². The van der Waals surface area contributed by atoms with Gasteiger partial charge in [-0.2, -0.15) is 0 Å². The van der Waals surface area contributed by atoms with Gasteiger partial charge < -0.3 is 10.7 Å². The number of hydroxylamine groups is 1. The van der Waals surface area contributed by atoms with Crippen LogP contribution in [-0.4, -0.2) is 9.32 Å². The topological polar surface area (TPSA) is 78.2 Å². The van der Waals surface area contributed by atoms with Crippen LogP contribution < -0.4 is 11.2 Å². The Morgan fingerprint density at radius 1 is 2.00 bits per heavy atom. The number of nitrogens with one attached hydrogen (secondary N) is 1. The van der Waals surface area contributed by atoms with E-state index in [2.05, 4.69) is 5.73 Å². The molecule has 0 atom stereocenters. The van der Waals surface area contributed by atoms with E-state index < -0.39 is 0 Å². The fourth-order valence-corrected chi connectivity index (χ4v) is 0.0510. The summed E-state index contributed by atoms with van der Waals surface area (Å²) in [6.07, 6.45) is 0. The Hall–Kier alpha value is -0.230. The zero-order valence-electron chi connectivity index (χ0n) is 2.80. The van der Waals surface area contributed by atoms with E-state index in [1.54, 1.807) is 0 Å². The highest BCUT2D eigenvalue weighted by Crippen LogP contribution is 1.37. The van der Waals surface area contributed by atoms with Crippen LogP contribution in [0, 0.1) is 5.21 Å². The summed E-state index contributed by atoms with van der Waals surface area (Å²) >= 11 is -0.0544. The summed E-state index contributed by atoms with van der Waals surface area (Å²) in [7, 11) is 0. The lowest BCUT2D eigenvalue weighted by atomic mass is 11.2. The van der Waals surface area contributed by atoms with Crippen molar-refractivity contribution in [3.05, 3.63) is 5.21 Å². The Balaban J connectivity index is 3.52. The second kappa shape index (κ2) is 2.98. The molecule has 36 valence electrons. The van der Waals surface area contributed by atoms with E-state index in [1.165, 1.54) is 5.48 Å². The van der Waals surface area contributed by atoms with Gasteiger partial charge in [-0.1, -0.05) is 0 Å². The van der Waals surface area contributed by atoms with E-state index in [9.17, 15) is 9.42 Å². The Morgan fingerprint density at radius 3 is 2.50 bits per heavy atom. The molecule has 0 aliphatic heterocycles. The van der Waals surface area contributed by atoms with E-state index in [1.807, 2.05) is 0 Å². The largest absolute Gasteiger partial charge is 0.782 e. The fourth-order valence-electron chi connectivity index (χ4n) is 0.0170. The third kappa shape index (κ3) is 2.04. The molecule has 0 saturated heterocycles. The molecule has 0 aliphatic rings. The first-order valence-corrected chi connectivity index (χ1v) is 1.86. The van der Waals surface area contributed by atoms with Crippen LogP contribution in [0.15, 0.2) is 0 Å². The van der Waals surface area contributed by atoms with Crippen molar-refractivity contribution in [1.82, 2.24) is 5.48 Å². The van der Waals surface area contributed by atoms with Crippen LogP contribution in [0.4, 0.5) is 0 Å². The van der Waals surface area contributed by atoms with Gasteiger partial charge in [0.1, 0.15) is 16.4 Å². The maximum Gasteiger partial charge on any atom is 0.139 e. The second-order valence-corrected chi connectivity index (χ2v) is 1.16. The van der Waals surface area contributed by atoms with Crippen molar-refractivity contribution >= 4 is 16.4 Å². The van der Waals surface area contributed by atoms with Crippen LogP contribution in [0.25, 0.3) is 0 Å². The maximum absolute atomic E-state index is 9.35. The molecule has 0 aliphatic carbocycles. The number of hydrogen-bond donors (Lipinski definition) is 2. The van der Waals surface area contributed by atoms with Gasteiger partial charge in [-0.3, -0.25) is 5.73 Å². The average molecular weight is 107 g/mol. The van der Waals surface area contributed by atoms with Crippen LogP contribution in [0.5, 0.6) is 0 Å². The molecule has 0 unspecified atom stereocenters. The third-order valence-corrected chi connectivity index (χ3v) is 0.453. The number of rotatable bonds is 0. The molecule has 0 spiro atoms. The molecule has 0 amide bonds. The lowest BCUT2D eigenvalue weighted by Gasteiger charge is -1.98. The number of hydrogen-bond acceptors (Lipinski definition) is 2. The Bertz CT molecular complexity index is 85.5. The highest BCUT2D eigenvalue weighted by atomic mass is 32.1. The van der Waals surface area contributed by atoms with Crippen molar-refractivity contribution in [2.24, 2.45) is 5.73 Å². The lowest BCUT2D eigenvalue weighted by Crippen LogP contribution is -2.25. The second-order valence-electron chi connectivity index (χ2n) is 0.550. The predicted molar refractivity (Wildman–Crippen MR) is 23.8 cm³/mol. The van der Waals surface area contributed by atoms with Crippen LogP contribution in [0.1, 0.15) is 0 Å². The minimum absolute atomic E-state index is 0.0544. The first-order chi connectivity index (χ1) is 2.81. The summed E-state index contributed by atoms with van der Waals surface area (Å²) in [6.45, 7) is 0. The first kappa shape index (κ1) is 5.77. The van der Waals surface area contributed by atoms with Crippen molar-refractivity contribution in [3.8, 4) is 0 Å². The minimum Gasteiger partial charge on any atom is -0.782 e. The molecule has 3 N–H and O–H groups in total. The molecule has 6 heavy (non-hydrogen) atoms. The average Bonchev–Trinajstić information content (AvgIpc) is 1.65. The van der Waals surface area contributed by atoms with Crippen LogP contribution in [0.3, 0.4) is 0 Å². The van der Waals surface area contributed by atoms with Crippen LogP contribution in [0.2, 0.25) is 0 Å². The summed E-state index contributed by atoms with van der Waals surface area (Å²) in [4.78, 5) is 0. The van der Waals surface area contributed by atoms with Gasteiger partial charge in [0, 0.05) is 0 Å². The van der Waals surface area contributed by atoms with Gasteiger partial charge in [0.05, 0.1) is 0 Å². The molecule has 5 heteroatoms. The van der Waals surface area contributed by atoms with Gasteiger partial charge in [0.15, 0.2) is 0 Å². The van der Waals surface area contributed by atoms with Gasteiger partial charge in [0.2, 0.25) is 0 Å². The highest BCUT2D eigenvalue weighted by molar-refractivity contribution is 7.66. The lowest BCUT2D eigenvalue weighted by molar-refractivity contribution is 0.700. The zero-order chi connectivity index (χ0) is 4.99. The number of nitrogens with two attached hydrogens (primary N) is 1. The predicted octanol–water partition coefficient (Wildman–Crippen LogP) is -1.67. The zero-order valence-corrected chi connectivity index (χ0v) is 3.62. The molecular formula is CH3N2O2S-. The monoisotopic (exact) mass is 107 g/mol. The van der Waals surface area contributed by atoms with Crippen molar-refractivity contribution in [2.75, 3.05) is 0 Å². The molecule has 0 aromatic carbocycles. The van der Waals surface area contributed by atoms with Crippen molar-refractivity contribution in [1.29, 1.82) is 0 Å². The maximum atomic E-state index is 9.35. The standard InChI is InChI=1S/CH3N2O2S/c2-1(3-4)6-5/h3H,2H2/q-1. The van der Waals surface area contributed by atoms with Crippen LogP contribution >= 0.6 is 0 Å². The van der Waals surface area contributed by atoms with Gasteiger partial charge in [-0.15, -0.1) is 0 Å². The summed E-state index contributed by atoms with van der Waals surface area (Å²) < 4.78 is 9.35. The summed E-state index contributed by atoms with van der Waals surface area (Å²) in [5, 5.41) is 8.88. The molecule has 0 saturated carbocycles. The molecule has 0 radical (unpaired) electrons. The van der Waals surface area contributed by atoms with Crippen LogP contribution in [-0.2, 0) is 11.3 Å². The molecule has 0 fully saturated rings. The van der Waals surface area contributed by atoms with E-state index in [-0.39, 0.29) is 16.4 Å². The van der Waals surface area contributed by atoms with E-state index in [0.29, 0.717) is 0 Å². The van der Waals surface area contributed by atoms with E-state index in [0.717, 1.165) is 0 Å². The summed E-state index contributed by atoms with van der Waals surface area (Å²) in [5.41, 5.74) is 5.83. The molecule has 0 rings (SSSR count). The molecule has 0 heterocycles. The Morgan fingerprint density at radius 2 is 2.50 bits per heavy atom. The summed E-state index contributed by atoms with van der Waals surface area (Å²) in [5.74, 6) is 0. The SMILES string of the molecule is NC(N[O-])=S=O. The van der Waals surface area contributed by atoms with E-state index in [4.69, 9.17) is 0 Å². The smallest absolute Gasteiger partial charge is 0.139 e. The molecular weight excluding hydrogens is 104 g/mol. The molecule has 4 nitrogen and oxygen atoms in total. The normalized spacial score (nSPS) is 7.67. The van der Waals surface area contributed by atoms with Gasteiger partial charge in [-0.25, -0.2) is 4.21 Å². The minimum atomic E-state index is -0.352. The Kier molecular flexibility index (Phi) is 2.87. The third-order valence-electron chi connectivity index (χ3n) is 0.190. The quantitative estimate of drug-likeness (QED) is 0.286. The summed E-state index contributed by atoms with van der Waals surface area (Å²) in [6, 6.07) is 0. The first-order valence-electron chi connectivity index (χ1n) is 1.11. The van der Waals surface area contributed by atoms with E-state index >= 15 is 0 Å². The van der Waals surface area contributed by atoms with Crippen molar-refractivity contribution < 1.29 is 4.21 Å². The Labute approximate surface area is 38.0 Å². The van der Waals surface area contributed by atoms with Gasteiger partial charge >= 0.3 is 0 Å². The molecule has 0 aromatic rings.